The lowest BCUT2D eigenvalue weighted by molar-refractivity contribution is 0.0918. The molecule has 0 saturated heterocycles. The fourth-order valence-electron chi connectivity index (χ4n) is 3.70. The molecule has 6 nitrogen and oxygen atoms in total. The van der Waals surface area contributed by atoms with Crippen LogP contribution in [0.5, 0.6) is 0 Å². The van der Waals surface area contributed by atoms with Crippen LogP contribution in [-0.4, -0.2) is 21.5 Å². The number of nitrogens with one attached hydrogen (secondary N) is 1. The van der Waals surface area contributed by atoms with Gasteiger partial charge in [0.2, 0.25) is 0 Å². The van der Waals surface area contributed by atoms with Crippen LogP contribution in [0.25, 0.3) is 5.69 Å². The van der Waals surface area contributed by atoms with Crippen LogP contribution in [0.1, 0.15) is 63.6 Å². The number of carbonyl (C=O) groups excluding carboxylic acids is 2. The van der Waals surface area contributed by atoms with Gasteiger partial charge in [0, 0.05) is 25.2 Å². The van der Waals surface area contributed by atoms with Crippen LogP contribution >= 0.6 is 0 Å². The number of furan rings is 1. The molecule has 27 heavy (non-hydrogen) atoms. The van der Waals surface area contributed by atoms with Crippen molar-refractivity contribution in [3.63, 3.8) is 0 Å². The van der Waals surface area contributed by atoms with E-state index < -0.39 is 0 Å². The maximum absolute atomic E-state index is 13.0. The van der Waals surface area contributed by atoms with Crippen LogP contribution in [0.3, 0.4) is 0 Å². The predicted octanol–water partition coefficient (Wildman–Crippen LogP) is 3.78. The Kier molecular flexibility index (Phi) is 4.39. The molecule has 1 aliphatic rings. The average molecular weight is 363 g/mol. The lowest BCUT2D eigenvalue weighted by Crippen LogP contribution is -2.29. The molecule has 0 fully saturated rings. The van der Waals surface area contributed by atoms with Crippen molar-refractivity contribution in [2.75, 3.05) is 0 Å². The molecule has 1 N–H and O–H groups in total. The zero-order valence-corrected chi connectivity index (χ0v) is 15.4. The number of nitrogens with zero attached hydrogens (tertiary/aromatic N) is 2. The summed E-state index contributed by atoms with van der Waals surface area (Å²) in [5, 5.41) is 7.30. The number of rotatable bonds is 4. The number of benzene rings is 1. The Balaban J connectivity index is 1.64. The van der Waals surface area contributed by atoms with Gasteiger partial charge in [-0.1, -0.05) is 18.2 Å². The van der Waals surface area contributed by atoms with Gasteiger partial charge in [0.25, 0.3) is 5.91 Å². The smallest absolute Gasteiger partial charge is 0.256 e. The molecule has 2 heterocycles. The van der Waals surface area contributed by atoms with Gasteiger partial charge in [0.1, 0.15) is 11.5 Å². The van der Waals surface area contributed by atoms with Gasteiger partial charge in [0.15, 0.2) is 5.78 Å². The molecule has 1 aromatic carbocycles. The van der Waals surface area contributed by atoms with Crippen molar-refractivity contribution in [2.45, 2.75) is 39.2 Å². The minimum absolute atomic E-state index is 0.0113. The second-order valence-electron chi connectivity index (χ2n) is 6.81. The van der Waals surface area contributed by atoms with Gasteiger partial charge < -0.3 is 9.73 Å². The summed E-state index contributed by atoms with van der Waals surface area (Å²) in [6.07, 6.45) is 5.51. The molecule has 0 saturated carbocycles. The number of hydrogen-bond donors (Lipinski definition) is 1. The van der Waals surface area contributed by atoms with Crippen molar-refractivity contribution in [1.82, 2.24) is 15.1 Å². The highest BCUT2D eigenvalue weighted by Gasteiger charge is 2.31. The number of ketones is 1. The van der Waals surface area contributed by atoms with Gasteiger partial charge in [-0.25, -0.2) is 4.68 Å². The number of carbonyl (C=O) groups is 2. The monoisotopic (exact) mass is 363 g/mol. The SMILES string of the molecule is Cc1oc2c(c1C(=O)N[C@@H](C)c1ccccc1-n1cccn1)C(=O)CCC2. The van der Waals surface area contributed by atoms with Gasteiger partial charge in [-0.15, -0.1) is 0 Å². The molecular weight excluding hydrogens is 342 g/mol. The predicted molar refractivity (Wildman–Crippen MR) is 100 cm³/mol. The molecule has 1 aliphatic carbocycles. The van der Waals surface area contributed by atoms with Crippen molar-refractivity contribution in [3.8, 4) is 5.69 Å². The molecule has 1 amide bonds. The van der Waals surface area contributed by atoms with Crippen molar-refractivity contribution in [2.24, 2.45) is 0 Å². The Hall–Kier alpha value is -3.15. The topological polar surface area (TPSA) is 77.1 Å². The quantitative estimate of drug-likeness (QED) is 0.765. The third kappa shape index (κ3) is 3.07. The van der Waals surface area contributed by atoms with Crippen LogP contribution in [0.4, 0.5) is 0 Å². The summed E-state index contributed by atoms with van der Waals surface area (Å²) in [4.78, 5) is 25.3. The van der Waals surface area contributed by atoms with E-state index in [0.717, 1.165) is 17.7 Å². The number of fused-ring (bicyclic) bond motifs is 1. The van der Waals surface area contributed by atoms with Crippen molar-refractivity contribution in [1.29, 1.82) is 0 Å². The van der Waals surface area contributed by atoms with E-state index in [1.165, 1.54) is 0 Å². The average Bonchev–Trinajstić information content (AvgIpc) is 3.29. The first-order valence-corrected chi connectivity index (χ1v) is 9.11. The standard InChI is InChI=1S/C21H21N3O3/c1-13(15-7-3-4-8-16(15)24-12-6-11-22-24)23-21(26)19-14(2)27-18-10-5-9-17(25)20(18)19/h3-4,6-8,11-13H,5,9-10H2,1-2H3,(H,23,26)/t13-/m0/s1. The Labute approximate surface area is 157 Å². The Morgan fingerprint density at radius 3 is 2.85 bits per heavy atom. The zero-order valence-electron chi connectivity index (χ0n) is 15.4. The number of aryl methyl sites for hydroxylation is 2. The molecule has 0 radical (unpaired) electrons. The fraction of sp³-hybridized carbons (Fsp3) is 0.286. The van der Waals surface area contributed by atoms with Crippen molar-refractivity contribution >= 4 is 11.7 Å². The van der Waals surface area contributed by atoms with E-state index in [4.69, 9.17) is 4.42 Å². The van der Waals surface area contributed by atoms with Gasteiger partial charge in [-0.2, -0.15) is 5.10 Å². The molecule has 3 aromatic rings. The van der Waals surface area contributed by atoms with E-state index in [9.17, 15) is 9.59 Å². The van der Waals surface area contributed by atoms with E-state index in [0.29, 0.717) is 35.5 Å². The van der Waals surface area contributed by atoms with Crippen molar-refractivity contribution < 1.29 is 14.0 Å². The fourth-order valence-corrected chi connectivity index (χ4v) is 3.70. The number of aromatic nitrogens is 2. The Bertz CT molecular complexity index is 1000. The Morgan fingerprint density at radius 1 is 1.26 bits per heavy atom. The largest absolute Gasteiger partial charge is 0.465 e. The highest BCUT2D eigenvalue weighted by Crippen LogP contribution is 2.30. The minimum atomic E-state index is -0.282. The first kappa shape index (κ1) is 17.3. The summed E-state index contributed by atoms with van der Waals surface area (Å²) in [6.45, 7) is 3.66. The number of para-hydroxylation sites is 1. The highest BCUT2D eigenvalue weighted by atomic mass is 16.3. The normalized spacial score (nSPS) is 14.7. The molecular formula is C21H21N3O3. The molecule has 1 atom stereocenters. The van der Waals surface area contributed by atoms with E-state index in [1.807, 2.05) is 43.5 Å². The lowest BCUT2D eigenvalue weighted by atomic mass is 9.93. The van der Waals surface area contributed by atoms with Gasteiger partial charge in [0.05, 0.1) is 22.9 Å². The molecule has 0 aliphatic heterocycles. The summed E-state index contributed by atoms with van der Waals surface area (Å²) in [6, 6.07) is 9.38. The van der Waals surface area contributed by atoms with E-state index in [2.05, 4.69) is 10.4 Å². The summed E-state index contributed by atoms with van der Waals surface area (Å²) >= 11 is 0. The molecule has 138 valence electrons. The van der Waals surface area contributed by atoms with E-state index in [-0.39, 0.29) is 17.7 Å². The summed E-state index contributed by atoms with van der Waals surface area (Å²) in [7, 11) is 0. The molecule has 2 aromatic heterocycles. The number of amides is 1. The van der Waals surface area contributed by atoms with Gasteiger partial charge >= 0.3 is 0 Å². The van der Waals surface area contributed by atoms with E-state index in [1.54, 1.807) is 17.8 Å². The summed E-state index contributed by atoms with van der Waals surface area (Å²) in [5.74, 6) is 0.845. The van der Waals surface area contributed by atoms with Crippen LogP contribution in [0, 0.1) is 6.92 Å². The highest BCUT2D eigenvalue weighted by molar-refractivity contribution is 6.10. The first-order valence-electron chi connectivity index (χ1n) is 9.11. The zero-order chi connectivity index (χ0) is 19.0. The third-order valence-electron chi connectivity index (χ3n) is 4.97. The summed E-state index contributed by atoms with van der Waals surface area (Å²) in [5.41, 5.74) is 2.68. The van der Waals surface area contributed by atoms with Crippen LogP contribution in [0.15, 0.2) is 47.1 Å². The van der Waals surface area contributed by atoms with Crippen molar-refractivity contribution in [3.05, 3.63) is 70.9 Å². The molecule has 0 bridgehead atoms. The third-order valence-corrected chi connectivity index (χ3v) is 4.97. The van der Waals surface area contributed by atoms with E-state index >= 15 is 0 Å². The Morgan fingerprint density at radius 2 is 2.07 bits per heavy atom. The molecule has 0 spiro atoms. The van der Waals surface area contributed by atoms with Crippen LogP contribution in [-0.2, 0) is 6.42 Å². The summed E-state index contributed by atoms with van der Waals surface area (Å²) < 4.78 is 7.47. The lowest BCUT2D eigenvalue weighted by Gasteiger charge is -2.18. The number of Topliss-reactive ketones (excluding diaryl/α,β-unsaturated/α-hetero) is 1. The van der Waals surface area contributed by atoms with Crippen LogP contribution < -0.4 is 5.32 Å². The maximum Gasteiger partial charge on any atom is 0.256 e. The molecule has 4 rings (SSSR count). The minimum Gasteiger partial charge on any atom is -0.465 e. The second kappa shape index (κ2) is 6.87. The number of hydrogen-bond acceptors (Lipinski definition) is 4. The maximum atomic E-state index is 13.0. The molecule has 6 heteroatoms. The van der Waals surface area contributed by atoms with Crippen LogP contribution in [0.2, 0.25) is 0 Å². The first-order chi connectivity index (χ1) is 13.1. The van der Waals surface area contributed by atoms with Gasteiger partial charge in [-0.05, 0) is 38.0 Å². The second-order valence-corrected chi connectivity index (χ2v) is 6.81. The molecule has 0 unspecified atom stereocenters. The van der Waals surface area contributed by atoms with Gasteiger partial charge in [-0.3, -0.25) is 9.59 Å².